The molecule has 1 aromatic carbocycles. The molecule has 2 heterocycles. The van der Waals surface area contributed by atoms with E-state index in [9.17, 15) is 4.79 Å². The van der Waals surface area contributed by atoms with Crippen molar-refractivity contribution < 1.29 is 9.53 Å². The van der Waals surface area contributed by atoms with Crippen LogP contribution in [-0.2, 0) is 13.1 Å². The van der Waals surface area contributed by atoms with Crippen molar-refractivity contribution in [2.24, 2.45) is 0 Å². The number of ether oxygens (including phenoxy) is 1. The van der Waals surface area contributed by atoms with E-state index in [0.29, 0.717) is 6.54 Å². The lowest BCUT2D eigenvalue weighted by molar-refractivity contribution is 0.135. The Hall–Kier alpha value is -2.60. The van der Waals surface area contributed by atoms with Gasteiger partial charge in [0.15, 0.2) is 0 Å². The van der Waals surface area contributed by atoms with Crippen LogP contribution in [0.15, 0.2) is 48.8 Å². The summed E-state index contributed by atoms with van der Waals surface area (Å²) in [6.07, 6.45) is 4.80. The van der Waals surface area contributed by atoms with Crippen LogP contribution in [0.2, 0.25) is 0 Å². The summed E-state index contributed by atoms with van der Waals surface area (Å²) in [7, 11) is 0. The molecule has 1 saturated heterocycles. The Morgan fingerprint density at radius 2 is 1.96 bits per heavy atom. The van der Waals surface area contributed by atoms with Gasteiger partial charge in [0.25, 0.3) is 0 Å². The molecule has 0 saturated carbocycles. The first-order chi connectivity index (χ1) is 13.7. The SMILES string of the molecule is CC[C@H](C)Oc1ccccc1CNC(=O)N1CCN(Cc2cccnc2)CC1. The summed E-state index contributed by atoms with van der Waals surface area (Å²) in [6, 6.07) is 11.9. The van der Waals surface area contributed by atoms with Gasteiger partial charge in [0.1, 0.15) is 5.75 Å². The Kier molecular flexibility index (Phi) is 7.25. The number of pyridine rings is 1. The van der Waals surface area contributed by atoms with E-state index < -0.39 is 0 Å². The Labute approximate surface area is 167 Å². The molecule has 0 aliphatic carbocycles. The van der Waals surface area contributed by atoms with Gasteiger partial charge in [0.05, 0.1) is 6.10 Å². The van der Waals surface area contributed by atoms with E-state index in [0.717, 1.165) is 50.5 Å². The standard InChI is InChI=1S/C22H30N4O2/c1-3-18(2)28-21-9-5-4-8-20(21)16-24-22(27)26-13-11-25(12-14-26)17-19-7-6-10-23-15-19/h4-10,15,18H,3,11-14,16-17H2,1-2H3,(H,24,27)/t18-/m0/s1. The summed E-state index contributed by atoms with van der Waals surface area (Å²) in [5.74, 6) is 0.846. The summed E-state index contributed by atoms with van der Waals surface area (Å²) < 4.78 is 5.97. The van der Waals surface area contributed by atoms with E-state index in [1.165, 1.54) is 5.56 Å². The molecule has 1 aliphatic rings. The Morgan fingerprint density at radius 1 is 1.18 bits per heavy atom. The number of para-hydroxylation sites is 1. The highest BCUT2D eigenvalue weighted by atomic mass is 16.5. The van der Waals surface area contributed by atoms with Crippen molar-refractivity contribution >= 4 is 6.03 Å². The predicted molar refractivity (Wildman–Crippen MR) is 110 cm³/mol. The molecule has 1 atom stereocenters. The molecule has 0 bridgehead atoms. The van der Waals surface area contributed by atoms with Gasteiger partial charge in [0.2, 0.25) is 0 Å². The van der Waals surface area contributed by atoms with E-state index in [-0.39, 0.29) is 12.1 Å². The van der Waals surface area contributed by atoms with Crippen molar-refractivity contribution in [2.45, 2.75) is 39.5 Å². The van der Waals surface area contributed by atoms with E-state index in [2.05, 4.69) is 35.1 Å². The Balaban J connectivity index is 1.46. The van der Waals surface area contributed by atoms with E-state index in [1.807, 2.05) is 41.4 Å². The number of rotatable bonds is 7. The van der Waals surface area contributed by atoms with E-state index in [4.69, 9.17) is 4.74 Å². The second-order valence-corrected chi connectivity index (χ2v) is 7.23. The summed E-state index contributed by atoms with van der Waals surface area (Å²) in [4.78, 5) is 21.0. The fourth-order valence-electron chi connectivity index (χ4n) is 3.21. The number of piperazine rings is 1. The fraction of sp³-hybridized carbons (Fsp3) is 0.455. The molecule has 2 aromatic rings. The molecule has 3 rings (SSSR count). The van der Waals surface area contributed by atoms with Crippen LogP contribution in [0.5, 0.6) is 5.75 Å². The number of amides is 2. The first-order valence-electron chi connectivity index (χ1n) is 10.0. The third-order valence-corrected chi connectivity index (χ3v) is 5.09. The van der Waals surface area contributed by atoms with Crippen LogP contribution in [0.4, 0.5) is 4.79 Å². The van der Waals surface area contributed by atoms with Crippen molar-refractivity contribution in [2.75, 3.05) is 26.2 Å². The molecule has 0 spiro atoms. The Morgan fingerprint density at radius 3 is 2.68 bits per heavy atom. The molecular formula is C22H30N4O2. The Bertz CT molecular complexity index is 745. The van der Waals surface area contributed by atoms with Gasteiger partial charge in [-0.25, -0.2) is 4.79 Å². The molecule has 6 heteroatoms. The highest BCUT2D eigenvalue weighted by Gasteiger charge is 2.21. The van der Waals surface area contributed by atoms with Crippen molar-refractivity contribution in [3.8, 4) is 5.75 Å². The molecule has 28 heavy (non-hydrogen) atoms. The maximum Gasteiger partial charge on any atom is 0.317 e. The average Bonchev–Trinajstić information content (AvgIpc) is 2.74. The first-order valence-corrected chi connectivity index (χ1v) is 10.0. The van der Waals surface area contributed by atoms with Crippen LogP contribution in [0, 0.1) is 0 Å². The molecule has 1 aromatic heterocycles. The summed E-state index contributed by atoms with van der Waals surface area (Å²) >= 11 is 0. The van der Waals surface area contributed by atoms with Crippen LogP contribution in [0.3, 0.4) is 0 Å². The largest absolute Gasteiger partial charge is 0.490 e. The number of carbonyl (C=O) groups is 1. The monoisotopic (exact) mass is 382 g/mol. The average molecular weight is 383 g/mol. The normalized spacial score (nSPS) is 15.9. The van der Waals surface area contributed by atoms with Gasteiger partial charge in [-0.05, 0) is 31.0 Å². The van der Waals surface area contributed by atoms with Crippen molar-refractivity contribution in [1.29, 1.82) is 0 Å². The molecular weight excluding hydrogens is 352 g/mol. The number of nitrogens with zero attached hydrogens (tertiary/aromatic N) is 3. The lowest BCUT2D eigenvalue weighted by Crippen LogP contribution is -2.51. The zero-order valence-electron chi connectivity index (χ0n) is 16.8. The molecule has 150 valence electrons. The fourth-order valence-corrected chi connectivity index (χ4v) is 3.21. The van der Waals surface area contributed by atoms with Crippen LogP contribution in [0.1, 0.15) is 31.4 Å². The van der Waals surface area contributed by atoms with Crippen LogP contribution in [-0.4, -0.2) is 53.1 Å². The van der Waals surface area contributed by atoms with Crippen LogP contribution < -0.4 is 10.1 Å². The highest BCUT2D eigenvalue weighted by molar-refractivity contribution is 5.74. The maximum atomic E-state index is 12.6. The van der Waals surface area contributed by atoms with Gasteiger partial charge in [0, 0.05) is 57.2 Å². The zero-order valence-corrected chi connectivity index (χ0v) is 16.8. The van der Waals surface area contributed by atoms with Gasteiger partial charge in [-0.3, -0.25) is 9.88 Å². The van der Waals surface area contributed by atoms with Crippen LogP contribution in [0.25, 0.3) is 0 Å². The summed E-state index contributed by atoms with van der Waals surface area (Å²) in [6.45, 7) is 8.72. The lowest BCUT2D eigenvalue weighted by Gasteiger charge is -2.34. The minimum atomic E-state index is -0.0145. The number of hydrogen-bond donors (Lipinski definition) is 1. The highest BCUT2D eigenvalue weighted by Crippen LogP contribution is 2.20. The number of nitrogens with one attached hydrogen (secondary N) is 1. The quantitative estimate of drug-likeness (QED) is 0.798. The third kappa shape index (κ3) is 5.70. The zero-order chi connectivity index (χ0) is 19.8. The maximum absolute atomic E-state index is 12.6. The van der Waals surface area contributed by atoms with Gasteiger partial charge in [-0.15, -0.1) is 0 Å². The van der Waals surface area contributed by atoms with Gasteiger partial charge >= 0.3 is 6.03 Å². The third-order valence-electron chi connectivity index (χ3n) is 5.09. The summed E-state index contributed by atoms with van der Waals surface area (Å²) in [5.41, 5.74) is 2.21. The molecule has 0 unspecified atom stereocenters. The smallest absolute Gasteiger partial charge is 0.317 e. The van der Waals surface area contributed by atoms with Crippen molar-refractivity contribution in [1.82, 2.24) is 20.1 Å². The van der Waals surface area contributed by atoms with Crippen LogP contribution >= 0.6 is 0 Å². The summed E-state index contributed by atoms with van der Waals surface area (Å²) in [5, 5.41) is 3.04. The molecule has 1 fully saturated rings. The minimum Gasteiger partial charge on any atom is -0.490 e. The van der Waals surface area contributed by atoms with Crippen molar-refractivity contribution in [3.05, 3.63) is 59.9 Å². The van der Waals surface area contributed by atoms with E-state index >= 15 is 0 Å². The van der Waals surface area contributed by atoms with Gasteiger partial charge < -0.3 is 15.0 Å². The minimum absolute atomic E-state index is 0.0145. The second-order valence-electron chi connectivity index (χ2n) is 7.23. The number of hydrogen-bond acceptors (Lipinski definition) is 4. The molecule has 1 N–H and O–H groups in total. The molecule has 0 radical (unpaired) electrons. The number of benzene rings is 1. The second kappa shape index (κ2) is 10.1. The predicted octanol–water partition coefficient (Wildman–Crippen LogP) is 3.29. The van der Waals surface area contributed by atoms with E-state index in [1.54, 1.807) is 6.20 Å². The molecule has 1 aliphatic heterocycles. The number of aromatic nitrogens is 1. The van der Waals surface area contributed by atoms with Crippen molar-refractivity contribution in [3.63, 3.8) is 0 Å². The number of urea groups is 1. The lowest BCUT2D eigenvalue weighted by atomic mass is 10.2. The van der Waals surface area contributed by atoms with Gasteiger partial charge in [-0.2, -0.15) is 0 Å². The first kappa shape index (κ1) is 20.1. The number of carbonyl (C=O) groups excluding carboxylic acids is 1. The topological polar surface area (TPSA) is 57.7 Å². The molecule has 6 nitrogen and oxygen atoms in total. The molecule has 2 amide bonds. The van der Waals surface area contributed by atoms with Gasteiger partial charge in [-0.1, -0.05) is 31.2 Å².